The van der Waals surface area contributed by atoms with Gasteiger partial charge >= 0.3 is 6.03 Å². The molecular weight excluding hydrogens is 318 g/mol. The number of hydrogen-bond donors (Lipinski definition) is 3. The van der Waals surface area contributed by atoms with E-state index in [9.17, 15) is 9.59 Å². The normalized spacial score (nSPS) is 20.6. The molecule has 0 radical (unpaired) electrons. The minimum absolute atomic E-state index is 0.0847. The van der Waals surface area contributed by atoms with Crippen LogP contribution in [0.1, 0.15) is 19.8 Å². The number of amides is 3. The Morgan fingerprint density at radius 3 is 2.70 bits per heavy atom. The number of ether oxygens (including phenoxy) is 1. The van der Waals surface area contributed by atoms with Gasteiger partial charge in [-0.1, -0.05) is 11.6 Å². The van der Waals surface area contributed by atoms with Gasteiger partial charge in [-0.2, -0.15) is 0 Å². The lowest BCUT2D eigenvalue weighted by Crippen LogP contribution is -2.42. The van der Waals surface area contributed by atoms with Gasteiger partial charge in [0.05, 0.1) is 12.6 Å². The van der Waals surface area contributed by atoms with E-state index in [2.05, 4.69) is 16.0 Å². The number of urea groups is 1. The lowest BCUT2D eigenvalue weighted by Gasteiger charge is -2.27. The number of benzene rings is 1. The van der Waals surface area contributed by atoms with Crippen molar-refractivity contribution in [3.63, 3.8) is 0 Å². The smallest absolute Gasteiger partial charge is 0.315 e. The van der Waals surface area contributed by atoms with Gasteiger partial charge in [0.2, 0.25) is 5.91 Å². The van der Waals surface area contributed by atoms with Crippen molar-refractivity contribution in [3.05, 3.63) is 29.3 Å². The summed E-state index contributed by atoms with van der Waals surface area (Å²) >= 11 is 5.77. The van der Waals surface area contributed by atoms with Gasteiger partial charge in [-0.3, -0.25) is 4.79 Å². The highest BCUT2D eigenvalue weighted by Gasteiger charge is 2.19. The summed E-state index contributed by atoms with van der Waals surface area (Å²) in [7, 11) is 0. The zero-order chi connectivity index (χ0) is 16.7. The molecule has 3 amide bonds. The molecule has 1 aromatic carbocycles. The third kappa shape index (κ3) is 6.46. The first kappa shape index (κ1) is 17.6. The average molecular weight is 340 g/mol. The zero-order valence-electron chi connectivity index (χ0n) is 13.1. The van der Waals surface area contributed by atoms with Crippen molar-refractivity contribution in [2.24, 2.45) is 5.92 Å². The fourth-order valence-corrected chi connectivity index (χ4v) is 2.60. The van der Waals surface area contributed by atoms with Crippen LogP contribution >= 0.6 is 11.6 Å². The minimum Gasteiger partial charge on any atom is -0.378 e. The van der Waals surface area contributed by atoms with Gasteiger partial charge in [-0.05, 0) is 49.9 Å². The van der Waals surface area contributed by atoms with E-state index >= 15 is 0 Å². The fraction of sp³-hybridized carbons (Fsp3) is 0.500. The Bertz CT molecular complexity index is 536. The monoisotopic (exact) mass is 339 g/mol. The molecule has 1 aliphatic rings. The molecule has 126 valence electrons. The third-order valence-corrected chi connectivity index (χ3v) is 3.93. The van der Waals surface area contributed by atoms with E-state index in [-0.39, 0.29) is 24.6 Å². The molecule has 1 fully saturated rings. The molecule has 23 heavy (non-hydrogen) atoms. The van der Waals surface area contributed by atoms with E-state index < -0.39 is 0 Å². The van der Waals surface area contributed by atoms with E-state index in [1.807, 2.05) is 6.92 Å². The van der Waals surface area contributed by atoms with Gasteiger partial charge in [0.25, 0.3) is 0 Å². The second-order valence-corrected chi connectivity index (χ2v) is 6.13. The molecule has 6 nitrogen and oxygen atoms in total. The number of carbonyl (C=O) groups excluding carboxylic acids is 2. The molecule has 1 saturated heterocycles. The second-order valence-electron chi connectivity index (χ2n) is 5.69. The summed E-state index contributed by atoms with van der Waals surface area (Å²) in [5.41, 5.74) is 0.637. The Balaban J connectivity index is 1.63. The zero-order valence-corrected chi connectivity index (χ0v) is 13.9. The Labute approximate surface area is 140 Å². The van der Waals surface area contributed by atoms with Gasteiger partial charge in [-0.15, -0.1) is 0 Å². The topological polar surface area (TPSA) is 79.5 Å². The molecule has 2 atom stereocenters. The lowest BCUT2D eigenvalue weighted by molar-refractivity contribution is -0.115. The highest BCUT2D eigenvalue weighted by Crippen LogP contribution is 2.18. The van der Waals surface area contributed by atoms with Crippen molar-refractivity contribution in [2.45, 2.75) is 25.9 Å². The van der Waals surface area contributed by atoms with E-state index in [1.165, 1.54) is 0 Å². The predicted octanol–water partition coefficient (Wildman–Crippen LogP) is 2.39. The molecule has 0 saturated carbocycles. The molecule has 3 N–H and O–H groups in total. The maximum atomic E-state index is 11.7. The summed E-state index contributed by atoms with van der Waals surface area (Å²) in [5, 5.41) is 8.62. The molecule has 0 aliphatic carbocycles. The molecule has 0 aromatic heterocycles. The molecule has 0 bridgehead atoms. The maximum Gasteiger partial charge on any atom is 0.315 e. The second kappa shape index (κ2) is 8.74. The molecule has 2 rings (SSSR count). The van der Waals surface area contributed by atoms with Gasteiger partial charge in [0.1, 0.15) is 0 Å². The van der Waals surface area contributed by atoms with Crippen LogP contribution in [-0.4, -0.2) is 37.7 Å². The molecule has 7 heteroatoms. The molecular formula is C16H22ClN3O3. The highest BCUT2D eigenvalue weighted by molar-refractivity contribution is 6.30. The summed E-state index contributed by atoms with van der Waals surface area (Å²) in [4.78, 5) is 23.5. The van der Waals surface area contributed by atoms with Gasteiger partial charge in [-0.25, -0.2) is 4.79 Å². The van der Waals surface area contributed by atoms with Crippen molar-refractivity contribution in [1.29, 1.82) is 0 Å². The highest BCUT2D eigenvalue weighted by atomic mass is 35.5. The predicted molar refractivity (Wildman–Crippen MR) is 89.6 cm³/mol. The summed E-state index contributed by atoms with van der Waals surface area (Å²) in [5.74, 6) is 0.134. The Hall–Kier alpha value is -1.79. The number of rotatable bonds is 5. The van der Waals surface area contributed by atoms with E-state index in [0.29, 0.717) is 23.2 Å². The maximum absolute atomic E-state index is 11.7. The standard InChI is InChI=1S/C16H22ClN3O3/c1-11-8-12(6-7-23-11)9-18-16(22)19-10-15(21)20-14-4-2-13(17)3-5-14/h2-5,11-12H,6-10H2,1H3,(H,20,21)(H2,18,19,22)/t11-,12+/m1/s1. The quantitative estimate of drug-likeness (QED) is 0.770. The van der Waals surface area contributed by atoms with Crippen molar-refractivity contribution >= 4 is 29.2 Å². The Morgan fingerprint density at radius 2 is 2.00 bits per heavy atom. The van der Waals surface area contributed by atoms with Gasteiger partial charge < -0.3 is 20.7 Å². The van der Waals surface area contributed by atoms with Gasteiger partial charge in [0, 0.05) is 23.9 Å². The largest absolute Gasteiger partial charge is 0.378 e. The summed E-state index contributed by atoms with van der Waals surface area (Å²) in [6.07, 6.45) is 2.13. The number of anilines is 1. The van der Waals surface area contributed by atoms with Crippen LogP contribution in [0, 0.1) is 5.92 Å². The van der Waals surface area contributed by atoms with Crippen LogP contribution in [0.2, 0.25) is 5.02 Å². The SMILES string of the molecule is C[C@@H]1C[C@@H](CNC(=O)NCC(=O)Nc2ccc(Cl)cc2)CCO1. The van der Waals surface area contributed by atoms with Gasteiger partial charge in [0.15, 0.2) is 0 Å². The van der Waals surface area contributed by atoms with E-state index in [4.69, 9.17) is 16.3 Å². The van der Waals surface area contributed by atoms with Crippen molar-refractivity contribution in [2.75, 3.05) is 25.0 Å². The van der Waals surface area contributed by atoms with Crippen molar-refractivity contribution in [1.82, 2.24) is 10.6 Å². The van der Waals surface area contributed by atoms with Crippen LogP contribution in [0.25, 0.3) is 0 Å². The summed E-state index contributed by atoms with van der Waals surface area (Å²) in [6.45, 7) is 3.28. The first-order chi connectivity index (χ1) is 11.0. The van der Waals surface area contributed by atoms with Crippen molar-refractivity contribution in [3.8, 4) is 0 Å². The molecule has 1 heterocycles. The van der Waals surface area contributed by atoms with E-state index in [1.54, 1.807) is 24.3 Å². The molecule has 1 aliphatic heterocycles. The Morgan fingerprint density at radius 1 is 1.26 bits per heavy atom. The first-order valence-corrected chi connectivity index (χ1v) is 8.09. The molecule has 0 spiro atoms. The number of halogens is 1. The van der Waals surface area contributed by atoms with Crippen LogP contribution < -0.4 is 16.0 Å². The van der Waals surface area contributed by atoms with Crippen LogP contribution in [0.3, 0.4) is 0 Å². The molecule has 1 aromatic rings. The van der Waals surface area contributed by atoms with E-state index in [0.717, 1.165) is 19.4 Å². The minimum atomic E-state index is -0.338. The Kier molecular flexibility index (Phi) is 6.67. The van der Waals surface area contributed by atoms with Crippen LogP contribution in [0.5, 0.6) is 0 Å². The molecule has 0 unspecified atom stereocenters. The van der Waals surface area contributed by atoms with Crippen LogP contribution in [0.15, 0.2) is 24.3 Å². The van der Waals surface area contributed by atoms with Crippen LogP contribution in [-0.2, 0) is 9.53 Å². The van der Waals surface area contributed by atoms with Crippen LogP contribution in [0.4, 0.5) is 10.5 Å². The lowest BCUT2D eigenvalue weighted by atomic mass is 9.96. The third-order valence-electron chi connectivity index (χ3n) is 3.68. The first-order valence-electron chi connectivity index (χ1n) is 7.71. The average Bonchev–Trinajstić information content (AvgIpc) is 2.53. The number of carbonyl (C=O) groups is 2. The number of nitrogens with one attached hydrogen (secondary N) is 3. The fourth-order valence-electron chi connectivity index (χ4n) is 2.48. The summed E-state index contributed by atoms with van der Waals surface area (Å²) < 4.78 is 5.47. The van der Waals surface area contributed by atoms with Crippen molar-refractivity contribution < 1.29 is 14.3 Å². The summed E-state index contributed by atoms with van der Waals surface area (Å²) in [6, 6.07) is 6.44. The number of hydrogen-bond acceptors (Lipinski definition) is 3.